The zero-order valence-electron chi connectivity index (χ0n) is 20.9. The average molecular weight is 468 g/mol. The van der Waals surface area contributed by atoms with Crippen LogP contribution in [0.5, 0.6) is 0 Å². The molecule has 0 heterocycles. The van der Waals surface area contributed by atoms with E-state index in [0.29, 0.717) is 18.9 Å². The summed E-state index contributed by atoms with van der Waals surface area (Å²) >= 11 is 0. The van der Waals surface area contributed by atoms with Gasteiger partial charge in [-0.3, -0.25) is 4.79 Å². The number of hydrogen-bond donors (Lipinski definition) is 3. The number of aliphatic hydroxyl groups excluding tert-OH is 1. The number of carboxylic acids is 1. The summed E-state index contributed by atoms with van der Waals surface area (Å²) in [5.74, 6) is -0.169. The maximum absolute atomic E-state index is 11.0. The molecule has 0 saturated carbocycles. The first-order valence-corrected chi connectivity index (χ1v) is 12.7. The highest BCUT2D eigenvalue weighted by molar-refractivity contribution is 5.67. The topological polar surface area (TPSA) is 78.8 Å². The molecule has 0 bridgehead atoms. The van der Waals surface area contributed by atoms with Gasteiger partial charge in [-0.1, -0.05) is 61.9 Å². The fourth-order valence-corrected chi connectivity index (χ4v) is 5.18. The number of rotatable bonds is 14. The largest absolute Gasteiger partial charge is 0.481 e. The monoisotopic (exact) mass is 467 g/mol. The van der Waals surface area contributed by atoms with Crippen LogP contribution in [-0.2, 0) is 28.8 Å². The Morgan fingerprint density at radius 2 is 1.76 bits per heavy atom. The van der Waals surface area contributed by atoms with Crippen molar-refractivity contribution in [2.24, 2.45) is 5.92 Å². The molecule has 1 aliphatic rings. The Bertz CT molecular complexity index is 901. The molecule has 0 saturated heterocycles. The maximum Gasteiger partial charge on any atom is 0.303 e. The molecule has 3 rings (SSSR count). The number of ether oxygens (including phenoxy) is 1. The predicted molar refractivity (Wildman–Crippen MR) is 136 cm³/mol. The van der Waals surface area contributed by atoms with Crippen LogP contribution in [0.2, 0.25) is 0 Å². The Balaban J connectivity index is 1.49. The van der Waals surface area contributed by atoms with E-state index in [1.807, 2.05) is 24.3 Å². The smallest absolute Gasteiger partial charge is 0.303 e. The zero-order chi connectivity index (χ0) is 24.6. The second-order valence-corrected chi connectivity index (χ2v) is 10.4. The molecule has 0 aliphatic heterocycles. The molecule has 0 fully saturated rings. The van der Waals surface area contributed by atoms with E-state index < -0.39 is 12.1 Å². The number of aryl methyl sites for hydroxylation is 1. The molecule has 0 radical (unpaired) electrons. The van der Waals surface area contributed by atoms with Gasteiger partial charge in [-0.05, 0) is 74.1 Å². The van der Waals surface area contributed by atoms with Crippen molar-refractivity contribution in [3.05, 3.63) is 70.8 Å². The summed E-state index contributed by atoms with van der Waals surface area (Å²) in [6.45, 7) is 7.25. The fraction of sp³-hybridized carbons (Fsp3) is 0.552. The highest BCUT2D eigenvalue weighted by Crippen LogP contribution is 2.32. The first-order valence-electron chi connectivity index (χ1n) is 12.7. The van der Waals surface area contributed by atoms with Crippen molar-refractivity contribution in [3.8, 4) is 0 Å². The van der Waals surface area contributed by atoms with Crippen molar-refractivity contribution in [2.75, 3.05) is 13.2 Å². The van der Waals surface area contributed by atoms with Crippen molar-refractivity contribution in [1.82, 2.24) is 5.32 Å². The Morgan fingerprint density at radius 1 is 1.12 bits per heavy atom. The van der Waals surface area contributed by atoms with Crippen LogP contribution >= 0.6 is 0 Å². The van der Waals surface area contributed by atoms with Crippen LogP contribution in [-0.4, -0.2) is 41.0 Å². The quantitative estimate of drug-likeness (QED) is 0.360. The zero-order valence-corrected chi connectivity index (χ0v) is 20.9. The number of carbonyl (C=O) groups is 1. The minimum absolute atomic E-state index is 0.0695. The van der Waals surface area contributed by atoms with Gasteiger partial charge in [0.25, 0.3) is 0 Å². The van der Waals surface area contributed by atoms with Crippen molar-refractivity contribution in [1.29, 1.82) is 0 Å². The molecule has 2 aromatic rings. The predicted octanol–water partition coefficient (Wildman–Crippen LogP) is 5.10. The molecule has 34 heavy (non-hydrogen) atoms. The summed E-state index contributed by atoms with van der Waals surface area (Å²) in [7, 11) is 0. The van der Waals surface area contributed by atoms with E-state index in [-0.39, 0.29) is 24.7 Å². The molecule has 2 atom stereocenters. The SMILES string of the molecule is CCC[C@@H](OC[C@H](O)CNC(C)(C)CC1Cc2ccccc2C1)c1ccccc1CCC(=O)O. The summed E-state index contributed by atoms with van der Waals surface area (Å²) < 4.78 is 6.18. The molecule has 2 aromatic carbocycles. The maximum atomic E-state index is 11.0. The van der Waals surface area contributed by atoms with Gasteiger partial charge in [0.2, 0.25) is 0 Å². The van der Waals surface area contributed by atoms with Crippen molar-refractivity contribution < 1.29 is 19.7 Å². The van der Waals surface area contributed by atoms with E-state index in [1.165, 1.54) is 11.1 Å². The van der Waals surface area contributed by atoms with E-state index in [4.69, 9.17) is 9.84 Å². The second-order valence-electron chi connectivity index (χ2n) is 10.4. The number of aliphatic carboxylic acids is 1. The van der Waals surface area contributed by atoms with Gasteiger partial charge < -0.3 is 20.3 Å². The fourth-order valence-electron chi connectivity index (χ4n) is 5.18. The van der Waals surface area contributed by atoms with E-state index in [9.17, 15) is 9.90 Å². The molecule has 3 N–H and O–H groups in total. The number of aliphatic hydroxyl groups is 1. The molecule has 0 unspecified atom stereocenters. The van der Waals surface area contributed by atoms with E-state index in [0.717, 1.165) is 43.2 Å². The summed E-state index contributed by atoms with van der Waals surface area (Å²) in [6.07, 6.45) is 4.94. The molecule has 0 aromatic heterocycles. The summed E-state index contributed by atoms with van der Waals surface area (Å²) in [4.78, 5) is 11.0. The normalized spacial score (nSPS) is 15.8. The molecule has 1 aliphatic carbocycles. The Hall–Kier alpha value is -2.21. The molecule has 186 valence electrons. The van der Waals surface area contributed by atoms with Gasteiger partial charge in [-0.2, -0.15) is 0 Å². The Kier molecular flexibility index (Phi) is 9.69. The minimum Gasteiger partial charge on any atom is -0.481 e. The lowest BCUT2D eigenvalue weighted by Gasteiger charge is -2.31. The lowest BCUT2D eigenvalue weighted by atomic mass is 9.88. The lowest BCUT2D eigenvalue weighted by molar-refractivity contribution is -0.136. The first-order chi connectivity index (χ1) is 16.3. The van der Waals surface area contributed by atoms with Crippen LogP contribution in [0.1, 0.15) is 74.8 Å². The van der Waals surface area contributed by atoms with E-state index in [2.05, 4.69) is 50.4 Å². The molecular weight excluding hydrogens is 426 g/mol. The average Bonchev–Trinajstić information content (AvgIpc) is 3.21. The van der Waals surface area contributed by atoms with Gasteiger partial charge >= 0.3 is 5.97 Å². The number of hydrogen-bond acceptors (Lipinski definition) is 4. The third-order valence-corrected chi connectivity index (χ3v) is 6.80. The van der Waals surface area contributed by atoms with Crippen LogP contribution in [0.4, 0.5) is 0 Å². The molecule has 0 spiro atoms. The third-order valence-electron chi connectivity index (χ3n) is 6.80. The van der Waals surface area contributed by atoms with Gasteiger partial charge in [-0.25, -0.2) is 0 Å². The highest BCUT2D eigenvalue weighted by Gasteiger charge is 2.28. The summed E-state index contributed by atoms with van der Waals surface area (Å²) in [5, 5.41) is 23.3. The van der Waals surface area contributed by atoms with Gasteiger partial charge in [0, 0.05) is 18.5 Å². The molecule has 5 heteroatoms. The number of benzene rings is 2. The Morgan fingerprint density at radius 3 is 2.41 bits per heavy atom. The Labute approximate surface area is 204 Å². The number of β-amino-alcohol motifs (C(OH)–C–C–N with tert-alkyl or cyclic N) is 1. The van der Waals surface area contributed by atoms with Gasteiger partial charge in [0.15, 0.2) is 0 Å². The molecular formula is C29H41NO4. The number of nitrogens with one attached hydrogen (secondary N) is 1. The number of fused-ring (bicyclic) bond motifs is 1. The van der Waals surface area contributed by atoms with Crippen LogP contribution < -0.4 is 5.32 Å². The van der Waals surface area contributed by atoms with Crippen LogP contribution in [0.25, 0.3) is 0 Å². The van der Waals surface area contributed by atoms with Gasteiger partial charge in [-0.15, -0.1) is 0 Å². The third kappa shape index (κ3) is 7.93. The second kappa shape index (κ2) is 12.5. The summed E-state index contributed by atoms with van der Waals surface area (Å²) in [5.41, 5.74) is 4.92. The molecule has 5 nitrogen and oxygen atoms in total. The standard InChI is InChI=1S/C29H41NO4/c1-4-9-27(26-13-8-7-10-22(26)14-15-28(32)33)34-20-25(31)19-30-29(2,3)18-21-16-23-11-5-6-12-24(23)17-21/h5-8,10-13,21,25,27,30-31H,4,9,14-20H2,1-3H3,(H,32,33)/t25-,27-/m1/s1. The molecule has 0 amide bonds. The van der Waals surface area contributed by atoms with Crippen LogP contribution in [0, 0.1) is 5.92 Å². The van der Waals surface area contributed by atoms with Crippen LogP contribution in [0.3, 0.4) is 0 Å². The van der Waals surface area contributed by atoms with Crippen molar-refractivity contribution in [3.63, 3.8) is 0 Å². The first kappa shape index (κ1) is 26.4. The van der Waals surface area contributed by atoms with Gasteiger partial charge in [0.05, 0.1) is 18.8 Å². The number of carboxylic acid groups (broad SMARTS) is 1. The lowest BCUT2D eigenvalue weighted by Crippen LogP contribution is -2.45. The van der Waals surface area contributed by atoms with Gasteiger partial charge in [0.1, 0.15) is 0 Å². The van der Waals surface area contributed by atoms with Crippen molar-refractivity contribution in [2.45, 2.75) is 83.5 Å². The summed E-state index contributed by atoms with van der Waals surface area (Å²) in [6, 6.07) is 16.6. The van der Waals surface area contributed by atoms with E-state index in [1.54, 1.807) is 0 Å². The van der Waals surface area contributed by atoms with Crippen molar-refractivity contribution >= 4 is 5.97 Å². The van der Waals surface area contributed by atoms with Crippen LogP contribution in [0.15, 0.2) is 48.5 Å². The minimum atomic E-state index is -0.798. The van der Waals surface area contributed by atoms with E-state index >= 15 is 0 Å². The highest BCUT2D eigenvalue weighted by atomic mass is 16.5.